The second kappa shape index (κ2) is 10.6. The van der Waals surface area contributed by atoms with Crippen molar-refractivity contribution in [2.24, 2.45) is 5.92 Å². The van der Waals surface area contributed by atoms with E-state index in [-0.39, 0.29) is 11.9 Å². The monoisotopic (exact) mass is 446 g/mol. The minimum Gasteiger partial charge on any atom is -0.368 e. The van der Waals surface area contributed by atoms with Crippen molar-refractivity contribution in [3.63, 3.8) is 0 Å². The molecule has 3 aromatic rings. The molecule has 2 heterocycles. The number of aromatic nitrogens is 6. The van der Waals surface area contributed by atoms with Gasteiger partial charge in [-0.2, -0.15) is 15.0 Å². The van der Waals surface area contributed by atoms with Gasteiger partial charge in [-0.05, 0) is 36.6 Å². The van der Waals surface area contributed by atoms with E-state index in [1.54, 1.807) is 0 Å². The lowest BCUT2D eigenvalue weighted by atomic mass is 9.99. The molecule has 0 fully saturated rings. The summed E-state index contributed by atoms with van der Waals surface area (Å²) in [6.07, 6.45) is 4.67. The van der Waals surface area contributed by atoms with Crippen molar-refractivity contribution in [1.82, 2.24) is 29.7 Å². The highest BCUT2D eigenvalue weighted by atomic mass is 35.5. The molecule has 3 rings (SSSR count). The molecule has 0 saturated carbocycles. The van der Waals surface area contributed by atoms with Gasteiger partial charge >= 0.3 is 0 Å². The summed E-state index contributed by atoms with van der Waals surface area (Å²) in [5.74, 6) is 2.61. The fraction of sp³-hybridized carbons (Fsp3) is 0.450. The van der Waals surface area contributed by atoms with Crippen LogP contribution in [0.15, 0.2) is 29.4 Å². The van der Waals surface area contributed by atoms with Gasteiger partial charge in [-0.3, -0.25) is 0 Å². The Morgan fingerprint density at radius 3 is 2.37 bits per heavy atom. The molecular weight excluding hydrogens is 420 g/mol. The Hall–Kier alpha value is -2.39. The van der Waals surface area contributed by atoms with E-state index in [2.05, 4.69) is 43.6 Å². The van der Waals surface area contributed by atoms with Crippen LogP contribution in [0.25, 0.3) is 11.4 Å². The van der Waals surface area contributed by atoms with E-state index in [0.717, 1.165) is 29.5 Å². The maximum Gasteiger partial charge on any atom is 0.225 e. The predicted molar refractivity (Wildman–Crippen MR) is 122 cm³/mol. The summed E-state index contributed by atoms with van der Waals surface area (Å²) in [6, 6.07) is 7.68. The summed E-state index contributed by atoms with van der Waals surface area (Å²) in [4.78, 5) is 12.1. The average molecular weight is 447 g/mol. The number of nitrogen functional groups attached to an aromatic ring is 2. The van der Waals surface area contributed by atoms with Crippen LogP contribution >= 0.6 is 23.4 Å². The number of anilines is 2. The maximum atomic E-state index is 6.06. The standard InChI is InChI=1S/C20H27ClN8S/c1-3-5-6-13(4-2)11-29-17(14-7-9-15(21)10-8-14)27-28-20(29)30-12-16-24-18(22)26-19(23)25-16/h7-10,13H,3-6,11-12H2,1-2H3,(H4,22,23,24,25,26). The van der Waals surface area contributed by atoms with Crippen LogP contribution in [0.5, 0.6) is 0 Å². The summed E-state index contributed by atoms with van der Waals surface area (Å²) in [5, 5.41) is 10.4. The molecule has 0 spiro atoms. The van der Waals surface area contributed by atoms with Crippen LogP contribution in [-0.2, 0) is 12.3 Å². The minimum atomic E-state index is 0.118. The molecule has 10 heteroatoms. The fourth-order valence-corrected chi connectivity index (χ4v) is 4.13. The normalized spacial score (nSPS) is 12.2. The Morgan fingerprint density at radius 1 is 1.03 bits per heavy atom. The van der Waals surface area contributed by atoms with Crippen LogP contribution in [0.3, 0.4) is 0 Å². The van der Waals surface area contributed by atoms with Crippen molar-refractivity contribution in [2.45, 2.75) is 57.0 Å². The molecule has 0 amide bonds. The van der Waals surface area contributed by atoms with E-state index >= 15 is 0 Å². The zero-order valence-corrected chi connectivity index (χ0v) is 18.8. The topological polar surface area (TPSA) is 121 Å². The number of rotatable bonds is 10. The summed E-state index contributed by atoms with van der Waals surface area (Å²) in [6.45, 7) is 5.30. The van der Waals surface area contributed by atoms with Crippen LogP contribution in [0.4, 0.5) is 11.9 Å². The number of thioether (sulfide) groups is 1. The van der Waals surface area contributed by atoms with Gasteiger partial charge in [0, 0.05) is 17.1 Å². The van der Waals surface area contributed by atoms with E-state index in [1.165, 1.54) is 31.0 Å². The molecule has 1 aromatic carbocycles. The van der Waals surface area contributed by atoms with Crippen molar-refractivity contribution >= 4 is 35.3 Å². The molecule has 0 bridgehead atoms. The quantitative estimate of drug-likeness (QED) is 0.438. The Balaban J connectivity index is 1.88. The molecule has 160 valence electrons. The van der Waals surface area contributed by atoms with E-state index in [4.69, 9.17) is 23.1 Å². The van der Waals surface area contributed by atoms with Crippen molar-refractivity contribution < 1.29 is 0 Å². The second-order valence-corrected chi connectivity index (χ2v) is 8.48. The Morgan fingerprint density at radius 2 is 1.73 bits per heavy atom. The first-order chi connectivity index (χ1) is 14.5. The van der Waals surface area contributed by atoms with Crippen LogP contribution < -0.4 is 11.5 Å². The summed E-state index contributed by atoms with van der Waals surface area (Å²) in [5.41, 5.74) is 12.4. The first-order valence-corrected chi connectivity index (χ1v) is 11.4. The van der Waals surface area contributed by atoms with E-state index in [0.29, 0.717) is 22.5 Å². The van der Waals surface area contributed by atoms with Crippen molar-refractivity contribution in [2.75, 3.05) is 11.5 Å². The van der Waals surface area contributed by atoms with Crippen molar-refractivity contribution in [3.05, 3.63) is 35.1 Å². The highest BCUT2D eigenvalue weighted by Crippen LogP contribution is 2.29. The van der Waals surface area contributed by atoms with E-state index in [1.807, 2.05) is 24.3 Å². The molecule has 1 atom stereocenters. The van der Waals surface area contributed by atoms with Gasteiger partial charge in [0.15, 0.2) is 11.0 Å². The molecule has 0 aliphatic heterocycles. The van der Waals surface area contributed by atoms with Gasteiger partial charge in [0.05, 0.1) is 5.75 Å². The lowest BCUT2D eigenvalue weighted by Gasteiger charge is -2.18. The zero-order chi connectivity index (χ0) is 21.5. The lowest BCUT2D eigenvalue weighted by Crippen LogP contribution is -2.13. The average Bonchev–Trinajstić information content (AvgIpc) is 3.11. The molecule has 0 saturated heterocycles. The van der Waals surface area contributed by atoms with Gasteiger partial charge in [0.25, 0.3) is 0 Å². The largest absolute Gasteiger partial charge is 0.368 e. The van der Waals surface area contributed by atoms with Gasteiger partial charge in [-0.15, -0.1) is 10.2 Å². The third kappa shape index (κ3) is 5.82. The fourth-order valence-electron chi connectivity index (χ4n) is 3.20. The SMILES string of the molecule is CCCCC(CC)Cn1c(SCc2nc(N)nc(N)n2)nnc1-c1ccc(Cl)cc1. The van der Waals surface area contributed by atoms with E-state index in [9.17, 15) is 0 Å². The third-order valence-corrected chi connectivity index (χ3v) is 6.06. The first-order valence-electron chi connectivity index (χ1n) is 10.1. The molecule has 4 N–H and O–H groups in total. The minimum absolute atomic E-state index is 0.118. The lowest BCUT2D eigenvalue weighted by molar-refractivity contribution is 0.380. The number of benzene rings is 1. The van der Waals surface area contributed by atoms with Gasteiger partial charge in [-0.25, -0.2) is 0 Å². The third-order valence-electron chi connectivity index (χ3n) is 4.85. The number of nitrogens with two attached hydrogens (primary N) is 2. The summed E-state index contributed by atoms with van der Waals surface area (Å²) < 4.78 is 2.19. The van der Waals surface area contributed by atoms with Gasteiger partial charge in [-0.1, -0.05) is 56.5 Å². The molecule has 1 unspecified atom stereocenters. The number of unbranched alkanes of at least 4 members (excludes halogenated alkanes) is 1. The molecule has 2 aromatic heterocycles. The van der Waals surface area contributed by atoms with E-state index < -0.39 is 0 Å². The Labute approximate surface area is 185 Å². The zero-order valence-electron chi connectivity index (χ0n) is 17.3. The Bertz CT molecular complexity index is 940. The second-order valence-electron chi connectivity index (χ2n) is 7.10. The van der Waals surface area contributed by atoms with Gasteiger partial charge in [0.1, 0.15) is 5.82 Å². The predicted octanol–water partition coefficient (Wildman–Crippen LogP) is 4.46. The van der Waals surface area contributed by atoms with Gasteiger partial charge < -0.3 is 16.0 Å². The van der Waals surface area contributed by atoms with Gasteiger partial charge in [0.2, 0.25) is 11.9 Å². The molecule has 0 aliphatic carbocycles. The van der Waals surface area contributed by atoms with Crippen LogP contribution in [0.2, 0.25) is 5.02 Å². The Kier molecular flexibility index (Phi) is 7.87. The molecule has 0 radical (unpaired) electrons. The van der Waals surface area contributed by atoms with Crippen LogP contribution in [-0.4, -0.2) is 29.7 Å². The van der Waals surface area contributed by atoms with Crippen molar-refractivity contribution in [1.29, 1.82) is 0 Å². The number of nitrogens with zero attached hydrogens (tertiary/aromatic N) is 6. The maximum absolute atomic E-state index is 6.06. The molecular formula is C20H27ClN8S. The molecule has 0 aliphatic rings. The number of hydrogen-bond acceptors (Lipinski definition) is 8. The summed E-state index contributed by atoms with van der Waals surface area (Å²) >= 11 is 7.58. The number of hydrogen-bond donors (Lipinski definition) is 2. The molecule has 8 nitrogen and oxygen atoms in total. The summed E-state index contributed by atoms with van der Waals surface area (Å²) in [7, 11) is 0. The number of halogens is 1. The molecule has 30 heavy (non-hydrogen) atoms. The van der Waals surface area contributed by atoms with Crippen LogP contribution in [0, 0.1) is 5.92 Å². The van der Waals surface area contributed by atoms with Crippen LogP contribution in [0.1, 0.15) is 45.4 Å². The highest BCUT2D eigenvalue weighted by Gasteiger charge is 2.18. The smallest absolute Gasteiger partial charge is 0.225 e. The first kappa shape index (κ1) is 22.3. The van der Waals surface area contributed by atoms with Crippen molar-refractivity contribution in [3.8, 4) is 11.4 Å². The highest BCUT2D eigenvalue weighted by molar-refractivity contribution is 7.98.